The highest BCUT2D eigenvalue weighted by Crippen LogP contribution is 2.30. The monoisotopic (exact) mass is 456 g/mol. The summed E-state index contributed by atoms with van der Waals surface area (Å²) in [5.74, 6) is 0.724. The Labute approximate surface area is 192 Å². The summed E-state index contributed by atoms with van der Waals surface area (Å²) in [4.78, 5) is 2.32. The lowest BCUT2D eigenvalue weighted by molar-refractivity contribution is 0.122. The van der Waals surface area contributed by atoms with Crippen LogP contribution in [0.5, 0.6) is 11.5 Å². The molecule has 0 aromatic heterocycles. The molecular formula is C25H26ClFN2O3. The lowest BCUT2D eigenvalue weighted by atomic mass is 10.2. The topological polar surface area (TPSA) is 43.0 Å². The predicted molar refractivity (Wildman–Crippen MR) is 126 cm³/mol. The molecule has 1 heterocycles. The van der Waals surface area contributed by atoms with Crippen molar-refractivity contribution >= 4 is 23.0 Å². The Bertz CT molecular complexity index is 1020. The first-order chi connectivity index (χ1) is 15.6. The van der Waals surface area contributed by atoms with Gasteiger partial charge in [0.1, 0.15) is 12.4 Å². The Kier molecular flexibility index (Phi) is 7.35. The summed E-state index contributed by atoms with van der Waals surface area (Å²) >= 11 is 6.08. The van der Waals surface area contributed by atoms with Crippen LogP contribution in [-0.4, -0.2) is 33.4 Å². The van der Waals surface area contributed by atoms with Crippen molar-refractivity contribution < 1.29 is 18.6 Å². The number of hydrogen-bond donors (Lipinski definition) is 1. The van der Waals surface area contributed by atoms with Crippen molar-refractivity contribution in [2.45, 2.75) is 13.2 Å². The summed E-state index contributed by atoms with van der Waals surface area (Å²) in [5, 5.41) is 3.77. The van der Waals surface area contributed by atoms with Crippen LogP contribution in [0.25, 0.3) is 0 Å². The highest BCUT2D eigenvalue weighted by atomic mass is 35.5. The van der Waals surface area contributed by atoms with Gasteiger partial charge in [-0.1, -0.05) is 23.7 Å². The third-order valence-corrected chi connectivity index (χ3v) is 5.76. The van der Waals surface area contributed by atoms with Crippen molar-refractivity contribution in [3.63, 3.8) is 0 Å². The lowest BCUT2D eigenvalue weighted by Gasteiger charge is -2.29. The van der Waals surface area contributed by atoms with E-state index in [1.165, 1.54) is 11.8 Å². The SMILES string of the molecule is COc1cc(CNc2ccc(N3CCOCC3)cc2)ccc1OCc1c(F)cccc1Cl. The van der Waals surface area contributed by atoms with Crippen LogP contribution in [0.15, 0.2) is 60.7 Å². The average molecular weight is 457 g/mol. The molecule has 5 nitrogen and oxygen atoms in total. The highest BCUT2D eigenvalue weighted by molar-refractivity contribution is 6.31. The second-order valence-electron chi connectivity index (χ2n) is 7.47. The van der Waals surface area contributed by atoms with E-state index >= 15 is 0 Å². The fraction of sp³-hybridized carbons (Fsp3) is 0.280. The van der Waals surface area contributed by atoms with Crippen molar-refractivity contribution in [2.24, 2.45) is 0 Å². The van der Waals surface area contributed by atoms with E-state index in [1.807, 2.05) is 18.2 Å². The van der Waals surface area contributed by atoms with E-state index in [-0.39, 0.29) is 6.61 Å². The molecule has 0 radical (unpaired) electrons. The minimum Gasteiger partial charge on any atom is -0.493 e. The Morgan fingerprint density at radius 2 is 1.81 bits per heavy atom. The highest BCUT2D eigenvalue weighted by Gasteiger charge is 2.12. The van der Waals surface area contributed by atoms with Gasteiger partial charge < -0.3 is 24.4 Å². The molecular weight excluding hydrogens is 431 g/mol. The van der Waals surface area contributed by atoms with Crippen LogP contribution in [0.4, 0.5) is 15.8 Å². The van der Waals surface area contributed by atoms with Gasteiger partial charge in [-0.15, -0.1) is 0 Å². The van der Waals surface area contributed by atoms with E-state index in [1.54, 1.807) is 19.2 Å². The maximum atomic E-state index is 14.0. The van der Waals surface area contributed by atoms with Gasteiger partial charge in [0.05, 0.1) is 25.3 Å². The third-order valence-electron chi connectivity index (χ3n) is 5.40. The molecule has 0 atom stereocenters. The number of benzene rings is 3. The third kappa shape index (κ3) is 5.44. The fourth-order valence-corrected chi connectivity index (χ4v) is 3.79. The number of morpholine rings is 1. The normalized spacial score (nSPS) is 13.7. The van der Waals surface area contributed by atoms with Crippen LogP contribution in [0.3, 0.4) is 0 Å². The summed E-state index contributed by atoms with van der Waals surface area (Å²) in [6.45, 7) is 4.04. The molecule has 168 valence electrons. The molecule has 0 spiro atoms. The van der Waals surface area contributed by atoms with Crippen LogP contribution in [0.1, 0.15) is 11.1 Å². The average Bonchev–Trinajstić information content (AvgIpc) is 2.83. The van der Waals surface area contributed by atoms with E-state index in [2.05, 4.69) is 34.5 Å². The Morgan fingerprint density at radius 1 is 1.03 bits per heavy atom. The van der Waals surface area contributed by atoms with Crippen molar-refractivity contribution in [1.82, 2.24) is 0 Å². The van der Waals surface area contributed by atoms with Gasteiger partial charge in [-0.2, -0.15) is 0 Å². The second-order valence-corrected chi connectivity index (χ2v) is 7.88. The molecule has 1 N–H and O–H groups in total. The van der Waals surface area contributed by atoms with Crippen LogP contribution in [0, 0.1) is 5.82 Å². The first-order valence-corrected chi connectivity index (χ1v) is 10.9. The van der Waals surface area contributed by atoms with Crippen molar-refractivity contribution in [3.05, 3.63) is 82.6 Å². The molecule has 0 bridgehead atoms. The molecule has 0 aliphatic carbocycles. The zero-order valence-corrected chi connectivity index (χ0v) is 18.7. The van der Waals surface area contributed by atoms with E-state index in [4.69, 9.17) is 25.8 Å². The van der Waals surface area contributed by atoms with Crippen molar-refractivity contribution in [3.8, 4) is 11.5 Å². The number of ether oxygens (including phenoxy) is 3. The number of anilines is 2. The molecule has 1 fully saturated rings. The first-order valence-electron chi connectivity index (χ1n) is 10.5. The molecule has 3 aromatic carbocycles. The van der Waals surface area contributed by atoms with E-state index in [0.717, 1.165) is 37.6 Å². The van der Waals surface area contributed by atoms with E-state index in [0.29, 0.717) is 28.6 Å². The Morgan fingerprint density at radius 3 is 2.53 bits per heavy atom. The second kappa shape index (κ2) is 10.6. The molecule has 4 rings (SSSR count). The molecule has 3 aromatic rings. The van der Waals surface area contributed by atoms with Gasteiger partial charge >= 0.3 is 0 Å². The van der Waals surface area contributed by atoms with Crippen LogP contribution in [0.2, 0.25) is 5.02 Å². The predicted octanol–water partition coefficient (Wildman–Crippen LogP) is 5.52. The fourth-order valence-electron chi connectivity index (χ4n) is 3.58. The summed E-state index contributed by atoms with van der Waals surface area (Å²) < 4.78 is 30.6. The Balaban J connectivity index is 1.36. The number of methoxy groups -OCH3 is 1. The maximum Gasteiger partial charge on any atom is 0.161 e. The van der Waals surface area contributed by atoms with Crippen LogP contribution in [-0.2, 0) is 17.9 Å². The molecule has 0 saturated carbocycles. The van der Waals surface area contributed by atoms with Crippen molar-refractivity contribution in [2.75, 3.05) is 43.6 Å². The van der Waals surface area contributed by atoms with E-state index in [9.17, 15) is 4.39 Å². The summed E-state index contributed by atoms with van der Waals surface area (Å²) in [6.07, 6.45) is 0. The molecule has 0 unspecified atom stereocenters. The zero-order valence-electron chi connectivity index (χ0n) is 17.9. The number of nitrogens with one attached hydrogen (secondary N) is 1. The van der Waals surface area contributed by atoms with Gasteiger partial charge in [0, 0.05) is 36.6 Å². The minimum atomic E-state index is -0.392. The van der Waals surface area contributed by atoms with Gasteiger partial charge in [0.15, 0.2) is 11.5 Å². The van der Waals surface area contributed by atoms with Gasteiger partial charge in [0.2, 0.25) is 0 Å². The largest absolute Gasteiger partial charge is 0.493 e. The number of hydrogen-bond acceptors (Lipinski definition) is 5. The van der Waals surface area contributed by atoms with Gasteiger partial charge in [-0.25, -0.2) is 4.39 Å². The molecule has 1 saturated heterocycles. The molecule has 1 aliphatic heterocycles. The first kappa shape index (κ1) is 22.2. The van der Waals surface area contributed by atoms with Crippen LogP contribution < -0.4 is 19.7 Å². The molecule has 0 amide bonds. The minimum absolute atomic E-state index is 0.0228. The number of rotatable bonds is 8. The van der Waals surface area contributed by atoms with Crippen molar-refractivity contribution in [1.29, 1.82) is 0 Å². The summed E-state index contributed by atoms with van der Waals surface area (Å²) in [6, 6.07) is 18.7. The quantitative estimate of drug-likeness (QED) is 0.483. The molecule has 1 aliphatic rings. The summed E-state index contributed by atoms with van der Waals surface area (Å²) in [7, 11) is 1.58. The Hall–Kier alpha value is -2.96. The molecule has 32 heavy (non-hydrogen) atoms. The van der Waals surface area contributed by atoms with Gasteiger partial charge in [0.25, 0.3) is 0 Å². The van der Waals surface area contributed by atoms with Gasteiger partial charge in [-0.05, 0) is 54.1 Å². The smallest absolute Gasteiger partial charge is 0.161 e. The zero-order chi connectivity index (χ0) is 22.3. The van der Waals surface area contributed by atoms with E-state index < -0.39 is 5.82 Å². The van der Waals surface area contributed by atoms with Gasteiger partial charge in [-0.3, -0.25) is 0 Å². The summed E-state index contributed by atoms with van der Waals surface area (Å²) in [5.41, 5.74) is 3.60. The number of halogens is 2. The maximum absolute atomic E-state index is 14.0. The standard InChI is InChI=1S/C25H26ClFN2O3/c1-30-25-15-18(5-10-24(25)32-17-21-22(26)3-2-4-23(21)27)16-28-19-6-8-20(9-7-19)29-11-13-31-14-12-29/h2-10,15,28H,11-14,16-17H2,1H3. The van der Waals surface area contributed by atoms with Crippen LogP contribution >= 0.6 is 11.6 Å². The molecule has 7 heteroatoms. The lowest BCUT2D eigenvalue weighted by Crippen LogP contribution is -2.36. The number of nitrogens with zero attached hydrogens (tertiary/aromatic N) is 1.